The Hall–Kier alpha value is -1.05. The molecule has 1 amide bonds. The average Bonchev–Trinajstić information content (AvgIpc) is 3.06. The Balaban J connectivity index is 2.28. The maximum atomic E-state index is 12.2. The normalized spacial score (nSPS) is 16.3. The molecule has 1 N–H and O–H groups in total. The first-order valence-corrected chi connectivity index (χ1v) is 9.18. The van der Waals surface area contributed by atoms with E-state index in [0.717, 1.165) is 25.7 Å². The summed E-state index contributed by atoms with van der Waals surface area (Å²) in [5.41, 5.74) is 0.331. The van der Waals surface area contributed by atoms with Gasteiger partial charge in [-0.1, -0.05) is 12.8 Å². The molecule has 6 nitrogen and oxygen atoms in total. The van der Waals surface area contributed by atoms with Crippen LogP contribution in [0.15, 0.2) is 17.2 Å². The first-order chi connectivity index (χ1) is 9.93. The third-order valence-electron chi connectivity index (χ3n) is 3.65. The predicted octanol–water partition coefficient (Wildman–Crippen LogP) is 1.91. The van der Waals surface area contributed by atoms with Gasteiger partial charge in [0, 0.05) is 36.6 Å². The molecule has 1 aliphatic carbocycles. The molecule has 0 bridgehead atoms. The Morgan fingerprint density at radius 2 is 2.14 bits per heavy atom. The van der Waals surface area contributed by atoms with Crippen molar-refractivity contribution >= 4 is 25.6 Å². The molecule has 0 aliphatic heterocycles. The Morgan fingerprint density at radius 3 is 2.71 bits per heavy atom. The number of halogens is 1. The van der Waals surface area contributed by atoms with Gasteiger partial charge in [-0.25, -0.2) is 8.42 Å². The monoisotopic (exact) mass is 334 g/mol. The number of ether oxygens (including phenoxy) is 1. The zero-order chi connectivity index (χ0) is 15.5. The maximum Gasteiger partial charge on any atom is 0.268 e. The molecular formula is C13H19ClN2O4S. The number of hydrogen-bond acceptors (Lipinski definition) is 4. The lowest BCUT2D eigenvalue weighted by molar-refractivity contribution is 0.0925. The minimum Gasteiger partial charge on any atom is -0.383 e. The summed E-state index contributed by atoms with van der Waals surface area (Å²) in [6.07, 6.45) is 5.50. The summed E-state index contributed by atoms with van der Waals surface area (Å²) in [7, 11) is 3.09. The standard InChI is InChI=1S/C13H19ClN2O4S/c1-20-7-6-15-13(17)12-8-11(21(14,18)19)9-16(12)10-4-2-3-5-10/h8-10H,2-7H2,1H3,(H,15,17). The molecule has 1 fully saturated rings. The summed E-state index contributed by atoms with van der Waals surface area (Å²) >= 11 is 0. The van der Waals surface area contributed by atoms with E-state index in [-0.39, 0.29) is 16.8 Å². The van der Waals surface area contributed by atoms with E-state index in [0.29, 0.717) is 18.8 Å². The topological polar surface area (TPSA) is 77.4 Å². The van der Waals surface area contributed by atoms with Crippen LogP contribution in [0.3, 0.4) is 0 Å². The van der Waals surface area contributed by atoms with Crippen LogP contribution in [0.25, 0.3) is 0 Å². The van der Waals surface area contributed by atoms with Gasteiger partial charge in [-0.3, -0.25) is 4.79 Å². The van der Waals surface area contributed by atoms with Crippen LogP contribution in [-0.4, -0.2) is 39.2 Å². The van der Waals surface area contributed by atoms with Crippen molar-refractivity contribution in [3.05, 3.63) is 18.0 Å². The van der Waals surface area contributed by atoms with Crippen molar-refractivity contribution < 1.29 is 17.9 Å². The molecule has 0 saturated heterocycles. The molecule has 0 aromatic carbocycles. The number of amides is 1. The number of carbonyl (C=O) groups is 1. The summed E-state index contributed by atoms with van der Waals surface area (Å²) in [6, 6.07) is 1.49. The van der Waals surface area contributed by atoms with Crippen LogP contribution in [0.5, 0.6) is 0 Å². The first-order valence-electron chi connectivity index (χ1n) is 6.87. The summed E-state index contributed by atoms with van der Waals surface area (Å²) in [4.78, 5) is 12.2. The molecule has 1 aromatic heterocycles. The molecule has 0 spiro atoms. The Bertz CT molecular complexity index is 606. The predicted molar refractivity (Wildman–Crippen MR) is 79.2 cm³/mol. The van der Waals surface area contributed by atoms with Gasteiger partial charge >= 0.3 is 0 Å². The van der Waals surface area contributed by atoms with Crippen LogP contribution in [0, 0.1) is 0 Å². The highest BCUT2D eigenvalue weighted by atomic mass is 35.7. The average molecular weight is 335 g/mol. The second-order valence-electron chi connectivity index (χ2n) is 5.09. The zero-order valence-corrected chi connectivity index (χ0v) is 13.4. The quantitative estimate of drug-likeness (QED) is 0.636. The van der Waals surface area contributed by atoms with E-state index in [9.17, 15) is 13.2 Å². The van der Waals surface area contributed by atoms with Crippen LogP contribution in [0.1, 0.15) is 42.2 Å². The minimum atomic E-state index is -3.85. The fraction of sp³-hybridized carbons (Fsp3) is 0.615. The van der Waals surface area contributed by atoms with E-state index >= 15 is 0 Å². The number of methoxy groups -OCH3 is 1. The number of nitrogens with one attached hydrogen (secondary N) is 1. The van der Waals surface area contributed by atoms with Gasteiger partial charge in [0.1, 0.15) is 10.6 Å². The van der Waals surface area contributed by atoms with Gasteiger partial charge in [0.2, 0.25) is 0 Å². The van der Waals surface area contributed by atoms with E-state index in [1.54, 1.807) is 11.7 Å². The van der Waals surface area contributed by atoms with Gasteiger partial charge in [0.25, 0.3) is 15.0 Å². The van der Waals surface area contributed by atoms with Crippen molar-refractivity contribution in [1.82, 2.24) is 9.88 Å². The third kappa shape index (κ3) is 3.99. The zero-order valence-electron chi connectivity index (χ0n) is 11.8. The minimum absolute atomic E-state index is 0.0343. The number of nitrogens with zero attached hydrogens (tertiary/aromatic N) is 1. The molecule has 1 aliphatic rings. The summed E-state index contributed by atoms with van der Waals surface area (Å²) in [5, 5.41) is 2.71. The highest BCUT2D eigenvalue weighted by molar-refractivity contribution is 8.13. The fourth-order valence-corrected chi connectivity index (χ4v) is 3.36. The lowest BCUT2D eigenvalue weighted by atomic mass is 10.2. The molecule has 1 aromatic rings. The number of aromatic nitrogens is 1. The van der Waals surface area contributed by atoms with Gasteiger partial charge in [-0.15, -0.1) is 0 Å². The van der Waals surface area contributed by atoms with Crippen LogP contribution in [0.2, 0.25) is 0 Å². The van der Waals surface area contributed by atoms with E-state index in [4.69, 9.17) is 15.4 Å². The SMILES string of the molecule is COCCNC(=O)c1cc(S(=O)(=O)Cl)cn1C1CCCC1. The van der Waals surface area contributed by atoms with E-state index in [2.05, 4.69) is 5.32 Å². The summed E-state index contributed by atoms with van der Waals surface area (Å²) in [6.45, 7) is 0.769. The van der Waals surface area contributed by atoms with Gasteiger partial charge in [-0.2, -0.15) is 0 Å². The van der Waals surface area contributed by atoms with Gasteiger partial charge < -0.3 is 14.6 Å². The van der Waals surface area contributed by atoms with Crippen LogP contribution in [0.4, 0.5) is 0 Å². The lowest BCUT2D eigenvalue weighted by Crippen LogP contribution is -2.29. The summed E-state index contributed by atoms with van der Waals surface area (Å²) < 4.78 is 29.6. The molecule has 0 radical (unpaired) electrons. The van der Waals surface area contributed by atoms with E-state index in [1.165, 1.54) is 12.3 Å². The number of rotatable bonds is 6. The van der Waals surface area contributed by atoms with Crippen molar-refractivity contribution in [2.24, 2.45) is 0 Å². The van der Waals surface area contributed by atoms with Gasteiger partial charge in [-0.05, 0) is 18.9 Å². The Kier molecular flexibility index (Phi) is 5.29. The van der Waals surface area contributed by atoms with Gasteiger partial charge in [0.15, 0.2) is 0 Å². The highest BCUT2D eigenvalue weighted by Crippen LogP contribution is 2.32. The van der Waals surface area contributed by atoms with E-state index < -0.39 is 9.05 Å². The van der Waals surface area contributed by atoms with Gasteiger partial charge in [0.05, 0.1) is 6.61 Å². The third-order valence-corrected chi connectivity index (χ3v) is 4.97. The molecule has 2 rings (SSSR count). The Morgan fingerprint density at radius 1 is 1.48 bits per heavy atom. The molecule has 21 heavy (non-hydrogen) atoms. The summed E-state index contributed by atoms with van der Waals surface area (Å²) in [5.74, 6) is -0.314. The number of carbonyl (C=O) groups excluding carboxylic acids is 1. The van der Waals surface area contributed by atoms with Crippen molar-refractivity contribution in [3.8, 4) is 0 Å². The largest absolute Gasteiger partial charge is 0.383 e. The van der Waals surface area contributed by atoms with Crippen molar-refractivity contribution in [3.63, 3.8) is 0 Å². The van der Waals surface area contributed by atoms with Crippen LogP contribution < -0.4 is 5.32 Å². The second-order valence-corrected chi connectivity index (χ2v) is 7.66. The molecule has 8 heteroatoms. The van der Waals surface area contributed by atoms with Crippen molar-refractivity contribution in [2.75, 3.05) is 20.3 Å². The van der Waals surface area contributed by atoms with Crippen molar-refractivity contribution in [1.29, 1.82) is 0 Å². The fourth-order valence-electron chi connectivity index (χ4n) is 2.61. The molecule has 118 valence electrons. The van der Waals surface area contributed by atoms with Crippen LogP contribution in [-0.2, 0) is 13.8 Å². The molecule has 0 unspecified atom stereocenters. The molecular weight excluding hydrogens is 316 g/mol. The van der Waals surface area contributed by atoms with Crippen LogP contribution >= 0.6 is 10.7 Å². The highest BCUT2D eigenvalue weighted by Gasteiger charge is 2.25. The Labute approximate surface area is 128 Å². The maximum absolute atomic E-state index is 12.2. The first kappa shape index (κ1) is 16.3. The second kappa shape index (κ2) is 6.81. The van der Waals surface area contributed by atoms with Crippen molar-refractivity contribution in [2.45, 2.75) is 36.6 Å². The smallest absolute Gasteiger partial charge is 0.268 e. The molecule has 1 heterocycles. The van der Waals surface area contributed by atoms with E-state index in [1.807, 2.05) is 0 Å². The molecule has 0 atom stereocenters. The molecule has 1 saturated carbocycles. The lowest BCUT2D eigenvalue weighted by Gasteiger charge is -2.15. The number of hydrogen-bond donors (Lipinski definition) is 1.